The van der Waals surface area contributed by atoms with Crippen LogP contribution >= 0.6 is 0 Å². The molecule has 0 spiro atoms. The summed E-state index contributed by atoms with van der Waals surface area (Å²) in [5.74, 6) is 0.967. The highest BCUT2D eigenvalue weighted by Gasteiger charge is 2.32. The first-order chi connectivity index (χ1) is 13.9. The average Bonchev–Trinajstić information content (AvgIpc) is 3.43. The van der Waals surface area contributed by atoms with Crippen LogP contribution in [-0.2, 0) is 16.1 Å². The molecule has 6 heteroatoms. The molecule has 5 nitrogen and oxygen atoms in total. The molecule has 1 saturated heterocycles. The molecule has 1 aromatic rings. The molecule has 4 aliphatic heterocycles. The predicted molar refractivity (Wildman–Crippen MR) is 117 cm³/mol. The van der Waals surface area contributed by atoms with Gasteiger partial charge in [-0.3, -0.25) is 4.90 Å². The van der Waals surface area contributed by atoms with Crippen LogP contribution in [-0.4, -0.2) is 73.9 Å². The molecule has 0 atom stereocenters. The molecule has 0 bridgehead atoms. The summed E-state index contributed by atoms with van der Waals surface area (Å²) in [6.45, 7) is 7.67. The predicted octanol–water partition coefficient (Wildman–Crippen LogP) is 2.49. The minimum atomic E-state index is 0.752. The van der Waals surface area contributed by atoms with Crippen molar-refractivity contribution in [3.8, 4) is 5.75 Å². The van der Waals surface area contributed by atoms with Crippen LogP contribution in [0.4, 0.5) is 0 Å². The Hall–Kier alpha value is -2.02. The maximum atomic E-state index is 6.11. The standard InChI is InChI=1S/C22H26N3O2S/c1-3-21-19-15-17(27-11-2-7-24-9-12-26-13-10-24)4-5-18(19)20(16-25(21)8-1)22-23-6-14-28-22/h3-6,14-15H,1-2,7-13,16H2/q+1. The van der Waals surface area contributed by atoms with Gasteiger partial charge in [0.15, 0.2) is 0 Å². The molecule has 1 aromatic carbocycles. The fraction of sp³-hybridized carbons (Fsp3) is 0.455. The first-order valence-electron chi connectivity index (χ1n) is 10.2. The van der Waals surface area contributed by atoms with Gasteiger partial charge in [-0.05, 0) is 30.5 Å². The van der Waals surface area contributed by atoms with Gasteiger partial charge in [-0.25, -0.2) is 0 Å². The smallest absolute Gasteiger partial charge is 0.329 e. The van der Waals surface area contributed by atoms with Crippen LogP contribution < -0.4 is 4.74 Å². The van der Waals surface area contributed by atoms with Crippen molar-refractivity contribution in [1.82, 2.24) is 9.80 Å². The van der Waals surface area contributed by atoms with E-state index >= 15 is 0 Å². The summed E-state index contributed by atoms with van der Waals surface area (Å²) in [5, 5.41) is 3.19. The Balaban J connectivity index is 1.31. The van der Waals surface area contributed by atoms with Gasteiger partial charge in [0, 0.05) is 37.4 Å². The van der Waals surface area contributed by atoms with Crippen LogP contribution in [0.3, 0.4) is 0 Å². The zero-order valence-corrected chi connectivity index (χ0v) is 16.9. The van der Waals surface area contributed by atoms with Crippen molar-refractivity contribution < 1.29 is 9.47 Å². The maximum Gasteiger partial charge on any atom is 0.329 e. The van der Waals surface area contributed by atoms with Crippen molar-refractivity contribution in [3.63, 3.8) is 0 Å². The van der Waals surface area contributed by atoms with Crippen molar-refractivity contribution >= 4 is 34.2 Å². The number of nitrogens with zero attached hydrogens (tertiary/aromatic N) is 3. The second kappa shape index (κ2) is 8.15. The second-order valence-corrected chi connectivity index (χ2v) is 8.37. The van der Waals surface area contributed by atoms with Crippen LogP contribution in [0.15, 0.2) is 34.3 Å². The summed E-state index contributed by atoms with van der Waals surface area (Å²) in [6, 6.07) is 6.56. The highest BCUT2D eigenvalue weighted by molar-refractivity contribution is 7.83. The van der Waals surface area contributed by atoms with Crippen molar-refractivity contribution in [2.24, 2.45) is 4.99 Å². The SMILES string of the molecule is C1=NC(=C2CN3CCC=C3c3cc(OCCCN4CCOCC4)ccc32)[S+]=C1. The Labute approximate surface area is 170 Å². The summed E-state index contributed by atoms with van der Waals surface area (Å²) < 4.78 is 11.5. The summed E-state index contributed by atoms with van der Waals surface area (Å²) in [6.07, 6.45) is 6.42. The summed E-state index contributed by atoms with van der Waals surface area (Å²) in [4.78, 5) is 9.50. The van der Waals surface area contributed by atoms with E-state index in [1.54, 1.807) is 11.4 Å². The van der Waals surface area contributed by atoms with Crippen LogP contribution in [0, 0.1) is 0 Å². The Bertz CT molecular complexity index is 855. The van der Waals surface area contributed by atoms with Gasteiger partial charge in [-0.2, -0.15) is 4.99 Å². The van der Waals surface area contributed by atoms with E-state index in [1.807, 2.05) is 6.21 Å². The molecule has 0 aromatic heterocycles. The molecular weight excluding hydrogens is 370 g/mol. The molecule has 0 amide bonds. The first-order valence-corrected chi connectivity index (χ1v) is 11.0. The number of aliphatic imine (C=N–C) groups is 1. The Kier molecular flexibility index (Phi) is 5.25. The number of hydrogen-bond acceptors (Lipinski definition) is 5. The highest BCUT2D eigenvalue weighted by Crippen LogP contribution is 2.41. The molecule has 0 unspecified atom stereocenters. The summed E-state index contributed by atoms with van der Waals surface area (Å²) >= 11 is 1.72. The largest absolute Gasteiger partial charge is 0.494 e. The molecule has 0 aliphatic carbocycles. The van der Waals surface area contributed by atoms with E-state index in [0.717, 1.165) is 76.2 Å². The van der Waals surface area contributed by atoms with Crippen molar-refractivity contribution in [1.29, 1.82) is 0 Å². The lowest BCUT2D eigenvalue weighted by molar-refractivity contribution is 0.0358. The van der Waals surface area contributed by atoms with Crippen LogP contribution in [0.2, 0.25) is 0 Å². The van der Waals surface area contributed by atoms with Crippen molar-refractivity contribution in [3.05, 3.63) is 40.4 Å². The lowest BCUT2D eigenvalue weighted by atomic mass is 9.93. The van der Waals surface area contributed by atoms with Gasteiger partial charge in [0.25, 0.3) is 0 Å². The average molecular weight is 397 g/mol. The Morgan fingerprint density at radius 1 is 1.14 bits per heavy atom. The van der Waals surface area contributed by atoms with Gasteiger partial charge in [-0.1, -0.05) is 12.1 Å². The fourth-order valence-electron chi connectivity index (χ4n) is 4.27. The third kappa shape index (κ3) is 3.64. The molecule has 0 N–H and O–H groups in total. The Morgan fingerprint density at radius 2 is 2.07 bits per heavy atom. The molecule has 4 aliphatic rings. The minimum Gasteiger partial charge on any atom is -0.494 e. The maximum absolute atomic E-state index is 6.11. The van der Waals surface area contributed by atoms with Gasteiger partial charge in [0.05, 0.1) is 38.2 Å². The molecular formula is C22H26N3O2S+. The topological polar surface area (TPSA) is 37.3 Å². The third-order valence-electron chi connectivity index (χ3n) is 5.70. The number of ether oxygens (including phenoxy) is 2. The lowest BCUT2D eigenvalue weighted by Gasteiger charge is -2.30. The third-order valence-corrected chi connectivity index (χ3v) is 6.53. The summed E-state index contributed by atoms with van der Waals surface area (Å²) in [5.41, 5.74) is 5.29. The zero-order valence-electron chi connectivity index (χ0n) is 16.1. The van der Waals surface area contributed by atoms with E-state index in [1.165, 1.54) is 22.4 Å². The molecule has 4 heterocycles. The van der Waals surface area contributed by atoms with E-state index in [9.17, 15) is 0 Å². The second-order valence-electron chi connectivity index (χ2n) is 7.48. The molecule has 0 radical (unpaired) electrons. The van der Waals surface area contributed by atoms with Gasteiger partial charge < -0.3 is 14.4 Å². The first kappa shape index (κ1) is 18.0. The lowest BCUT2D eigenvalue weighted by Crippen LogP contribution is -2.37. The molecule has 5 rings (SSSR count). The minimum absolute atomic E-state index is 0.752. The number of morpholine rings is 1. The van der Waals surface area contributed by atoms with E-state index < -0.39 is 0 Å². The normalized spacial score (nSPS) is 23.7. The highest BCUT2D eigenvalue weighted by atomic mass is 32.1. The van der Waals surface area contributed by atoms with Crippen LogP contribution in [0.1, 0.15) is 24.0 Å². The van der Waals surface area contributed by atoms with E-state index in [2.05, 4.69) is 44.4 Å². The quantitative estimate of drug-likeness (QED) is 0.435. The summed E-state index contributed by atoms with van der Waals surface area (Å²) in [7, 11) is 0. The monoisotopic (exact) mass is 396 g/mol. The molecule has 0 saturated carbocycles. The zero-order chi connectivity index (χ0) is 18.8. The van der Waals surface area contributed by atoms with E-state index in [-0.39, 0.29) is 0 Å². The van der Waals surface area contributed by atoms with Gasteiger partial charge in [0.2, 0.25) is 16.7 Å². The molecule has 146 valence electrons. The van der Waals surface area contributed by atoms with Crippen LogP contribution in [0.25, 0.3) is 11.3 Å². The van der Waals surface area contributed by atoms with Gasteiger partial charge in [0.1, 0.15) is 5.75 Å². The van der Waals surface area contributed by atoms with Crippen LogP contribution in [0.5, 0.6) is 5.75 Å². The van der Waals surface area contributed by atoms with Crippen molar-refractivity contribution in [2.45, 2.75) is 12.8 Å². The number of fused-ring (bicyclic) bond motifs is 3. The Morgan fingerprint density at radius 3 is 2.93 bits per heavy atom. The van der Waals surface area contributed by atoms with E-state index in [0.29, 0.717) is 0 Å². The van der Waals surface area contributed by atoms with E-state index in [4.69, 9.17) is 9.47 Å². The fourth-order valence-corrected chi connectivity index (χ4v) is 4.96. The number of rotatable bonds is 5. The molecule has 28 heavy (non-hydrogen) atoms. The number of benzene rings is 1. The van der Waals surface area contributed by atoms with Gasteiger partial charge >= 0.3 is 5.03 Å². The van der Waals surface area contributed by atoms with Crippen molar-refractivity contribution in [2.75, 3.05) is 52.5 Å². The molecule has 1 fully saturated rings. The van der Waals surface area contributed by atoms with Gasteiger partial charge in [-0.15, -0.1) is 0 Å². The number of hydrogen-bond donors (Lipinski definition) is 0.